The molecule has 3 rings (SSSR count). The molecule has 1 aromatic carbocycles. The Morgan fingerprint density at radius 1 is 1.07 bits per heavy atom. The second kappa shape index (κ2) is 10.1. The molecular weight excluding hydrogens is 380 g/mol. The molecule has 0 fully saturated rings. The lowest BCUT2D eigenvalue weighted by atomic mass is 10.1. The highest BCUT2D eigenvalue weighted by Crippen LogP contribution is 2.33. The molecule has 1 aromatic rings. The standard InChI is InChI=1S/C19H26N4O6/c1-2-27-19(24)23-3-5-25-7-9-28-15-11-13-14(18(21)22-17(13)20)12-16(15)29-10-8-26-6-4-23/h11-12H,2-10H2,1H3,(H3,20,21,22). The van der Waals surface area contributed by atoms with Gasteiger partial charge in [0.15, 0.2) is 17.3 Å². The zero-order valence-corrected chi connectivity index (χ0v) is 16.4. The number of ether oxygens (including phenoxy) is 5. The molecule has 0 saturated carbocycles. The molecule has 2 aliphatic heterocycles. The summed E-state index contributed by atoms with van der Waals surface area (Å²) < 4.78 is 27.8. The summed E-state index contributed by atoms with van der Waals surface area (Å²) in [6, 6.07) is 3.43. The van der Waals surface area contributed by atoms with Gasteiger partial charge in [0.1, 0.15) is 19.0 Å². The van der Waals surface area contributed by atoms with Crippen LogP contribution in [0.3, 0.4) is 0 Å². The van der Waals surface area contributed by atoms with Gasteiger partial charge in [0.2, 0.25) is 0 Å². The maximum atomic E-state index is 12.0. The van der Waals surface area contributed by atoms with Crippen molar-refractivity contribution in [2.24, 2.45) is 10.7 Å². The number of hydrogen-bond donors (Lipinski definition) is 2. The molecule has 0 aromatic heterocycles. The van der Waals surface area contributed by atoms with E-state index in [9.17, 15) is 4.79 Å². The van der Waals surface area contributed by atoms with Gasteiger partial charge in [-0.25, -0.2) is 9.79 Å². The Morgan fingerprint density at radius 2 is 1.66 bits per heavy atom. The summed E-state index contributed by atoms with van der Waals surface area (Å²) >= 11 is 0. The normalized spacial score (nSPS) is 18.3. The summed E-state index contributed by atoms with van der Waals surface area (Å²) in [5, 5.41) is 7.93. The molecule has 0 saturated heterocycles. The third-order valence-electron chi connectivity index (χ3n) is 4.35. The number of nitrogens with one attached hydrogen (secondary N) is 1. The van der Waals surface area contributed by atoms with Crippen LogP contribution in [0.1, 0.15) is 18.1 Å². The largest absolute Gasteiger partial charge is 0.487 e. The Kier molecular flexibility index (Phi) is 7.25. The van der Waals surface area contributed by atoms with Gasteiger partial charge in [0.25, 0.3) is 0 Å². The van der Waals surface area contributed by atoms with Crippen LogP contribution in [0.15, 0.2) is 17.1 Å². The van der Waals surface area contributed by atoms with E-state index in [1.807, 2.05) is 0 Å². The third kappa shape index (κ3) is 5.36. The minimum Gasteiger partial charge on any atom is -0.487 e. The van der Waals surface area contributed by atoms with E-state index >= 15 is 0 Å². The summed E-state index contributed by atoms with van der Waals surface area (Å²) in [6.45, 7) is 4.83. The number of fused-ring (bicyclic) bond motifs is 2. The van der Waals surface area contributed by atoms with Gasteiger partial charge in [-0.3, -0.25) is 5.41 Å². The fraction of sp³-hybridized carbons (Fsp3) is 0.526. The van der Waals surface area contributed by atoms with Crippen molar-refractivity contribution in [3.8, 4) is 11.5 Å². The van der Waals surface area contributed by atoms with Crippen LogP contribution in [-0.4, -0.2) is 82.0 Å². The molecule has 2 aliphatic rings. The lowest BCUT2D eigenvalue weighted by Crippen LogP contribution is -2.37. The summed E-state index contributed by atoms with van der Waals surface area (Å²) in [5.74, 6) is 1.37. The van der Waals surface area contributed by atoms with Crippen LogP contribution in [0.4, 0.5) is 4.79 Å². The zero-order valence-electron chi connectivity index (χ0n) is 16.4. The highest BCUT2D eigenvalue weighted by molar-refractivity contribution is 6.21. The maximum Gasteiger partial charge on any atom is 0.409 e. The van der Waals surface area contributed by atoms with Gasteiger partial charge in [0, 0.05) is 24.2 Å². The number of carbonyl (C=O) groups is 1. The minimum absolute atomic E-state index is 0.0958. The predicted molar refractivity (Wildman–Crippen MR) is 105 cm³/mol. The number of hydrogen-bond acceptors (Lipinski definition) is 8. The van der Waals surface area contributed by atoms with Crippen molar-refractivity contribution in [1.82, 2.24) is 4.90 Å². The van der Waals surface area contributed by atoms with Gasteiger partial charge in [-0.2, -0.15) is 0 Å². The topological polar surface area (TPSA) is 129 Å². The van der Waals surface area contributed by atoms with Crippen molar-refractivity contribution < 1.29 is 28.5 Å². The van der Waals surface area contributed by atoms with Crippen molar-refractivity contribution >= 4 is 17.8 Å². The van der Waals surface area contributed by atoms with E-state index in [1.165, 1.54) is 0 Å². The summed E-state index contributed by atoms with van der Waals surface area (Å²) in [6.07, 6.45) is -0.389. The number of rotatable bonds is 1. The molecule has 1 amide bonds. The number of nitrogens with two attached hydrogens (primary N) is 1. The van der Waals surface area contributed by atoms with Crippen LogP contribution in [0.2, 0.25) is 0 Å². The van der Waals surface area contributed by atoms with Gasteiger partial charge < -0.3 is 34.3 Å². The number of amidine groups is 2. The van der Waals surface area contributed by atoms with E-state index in [0.29, 0.717) is 75.4 Å². The highest BCUT2D eigenvalue weighted by atomic mass is 16.6. The van der Waals surface area contributed by atoms with Gasteiger partial charge in [-0.05, 0) is 19.1 Å². The lowest BCUT2D eigenvalue weighted by Gasteiger charge is -2.21. The molecule has 0 unspecified atom stereocenters. The molecule has 2 heterocycles. The first kappa shape index (κ1) is 20.9. The summed E-state index contributed by atoms with van der Waals surface area (Å²) in [4.78, 5) is 17.5. The molecule has 10 nitrogen and oxygen atoms in total. The maximum absolute atomic E-state index is 12.0. The van der Waals surface area contributed by atoms with Gasteiger partial charge >= 0.3 is 6.09 Å². The van der Waals surface area contributed by atoms with E-state index in [1.54, 1.807) is 24.0 Å². The van der Waals surface area contributed by atoms with E-state index in [2.05, 4.69) is 4.99 Å². The number of aliphatic imine (C=N–C) groups is 1. The Hall–Kier alpha value is -2.85. The highest BCUT2D eigenvalue weighted by Gasteiger charge is 2.23. The smallest absolute Gasteiger partial charge is 0.409 e. The van der Waals surface area contributed by atoms with Crippen molar-refractivity contribution in [2.45, 2.75) is 6.92 Å². The van der Waals surface area contributed by atoms with Crippen LogP contribution in [0.25, 0.3) is 0 Å². The van der Waals surface area contributed by atoms with Gasteiger partial charge in [0.05, 0.1) is 33.0 Å². The van der Waals surface area contributed by atoms with Crippen molar-refractivity contribution in [3.63, 3.8) is 0 Å². The van der Waals surface area contributed by atoms with Crippen LogP contribution >= 0.6 is 0 Å². The van der Waals surface area contributed by atoms with E-state index < -0.39 is 0 Å². The number of amides is 1. The Morgan fingerprint density at radius 3 is 2.24 bits per heavy atom. The Balaban J connectivity index is 1.66. The second-order valence-electron chi connectivity index (χ2n) is 6.30. The monoisotopic (exact) mass is 406 g/mol. The van der Waals surface area contributed by atoms with Crippen molar-refractivity contribution in [1.29, 1.82) is 5.41 Å². The molecule has 158 valence electrons. The average Bonchev–Trinajstić information content (AvgIpc) is 2.97. The minimum atomic E-state index is -0.389. The van der Waals surface area contributed by atoms with Crippen LogP contribution in [-0.2, 0) is 14.2 Å². The SMILES string of the molecule is CCOC(=O)N1CCOCCOc2cc3c(cc2OCCOCC1)C(N)=NC3=N. The number of benzene rings is 1. The molecule has 0 spiro atoms. The molecular formula is C19H26N4O6. The predicted octanol–water partition coefficient (Wildman–Crippen LogP) is 0.994. The molecule has 0 radical (unpaired) electrons. The fourth-order valence-corrected chi connectivity index (χ4v) is 2.92. The third-order valence-corrected chi connectivity index (χ3v) is 4.35. The summed E-state index contributed by atoms with van der Waals surface area (Å²) in [5.41, 5.74) is 7.13. The second-order valence-corrected chi connectivity index (χ2v) is 6.30. The molecule has 0 bridgehead atoms. The first-order chi connectivity index (χ1) is 14.1. The van der Waals surface area contributed by atoms with Gasteiger partial charge in [-0.15, -0.1) is 0 Å². The molecule has 10 heteroatoms. The Bertz CT molecular complexity index is 782. The average molecular weight is 406 g/mol. The first-order valence-corrected chi connectivity index (χ1v) is 9.54. The van der Waals surface area contributed by atoms with Crippen LogP contribution < -0.4 is 15.2 Å². The Labute approximate surface area is 169 Å². The molecule has 0 atom stereocenters. The van der Waals surface area contributed by atoms with Gasteiger partial charge in [-0.1, -0.05) is 0 Å². The quantitative estimate of drug-likeness (QED) is 0.712. The van der Waals surface area contributed by atoms with E-state index in [4.69, 9.17) is 34.8 Å². The van der Waals surface area contributed by atoms with E-state index in [0.717, 1.165) is 0 Å². The van der Waals surface area contributed by atoms with Crippen LogP contribution in [0, 0.1) is 5.41 Å². The zero-order chi connectivity index (χ0) is 20.6. The summed E-state index contributed by atoms with van der Waals surface area (Å²) in [7, 11) is 0. The van der Waals surface area contributed by atoms with Crippen molar-refractivity contribution in [2.75, 3.05) is 59.3 Å². The molecule has 0 aliphatic carbocycles. The lowest BCUT2D eigenvalue weighted by molar-refractivity contribution is 0.0486. The first-order valence-electron chi connectivity index (χ1n) is 9.54. The fourth-order valence-electron chi connectivity index (χ4n) is 2.92. The molecule has 29 heavy (non-hydrogen) atoms. The number of carbonyl (C=O) groups excluding carboxylic acids is 1. The van der Waals surface area contributed by atoms with Crippen LogP contribution in [0.5, 0.6) is 11.5 Å². The van der Waals surface area contributed by atoms with Crippen molar-refractivity contribution in [3.05, 3.63) is 23.3 Å². The van der Waals surface area contributed by atoms with E-state index in [-0.39, 0.29) is 24.4 Å². The number of nitrogens with zero attached hydrogens (tertiary/aromatic N) is 2. The molecule has 3 N–H and O–H groups in total.